The largest absolute Gasteiger partial charge is 0.348 e. The summed E-state index contributed by atoms with van der Waals surface area (Å²) in [6, 6.07) is 15.7. The minimum atomic E-state index is -3.97. The van der Waals surface area contributed by atoms with Crippen molar-refractivity contribution in [3.8, 4) is 17.4 Å². The Bertz CT molecular complexity index is 670. The molecular weight excluding hydrogens is 250 g/mol. The van der Waals surface area contributed by atoms with E-state index in [2.05, 4.69) is 4.18 Å². The molecule has 0 aliphatic heterocycles. The minimum Gasteiger partial charge on any atom is -0.299 e. The second-order valence-electron chi connectivity index (χ2n) is 3.52. The van der Waals surface area contributed by atoms with Crippen molar-refractivity contribution < 1.29 is 12.6 Å². The Morgan fingerprint density at radius 3 is 2.00 bits per heavy atom. The van der Waals surface area contributed by atoms with Gasteiger partial charge in [-0.3, -0.25) is 4.18 Å². The molecule has 0 aliphatic carbocycles. The van der Waals surface area contributed by atoms with Gasteiger partial charge in [0.2, 0.25) is 0 Å². The van der Waals surface area contributed by atoms with Gasteiger partial charge in [-0.2, -0.15) is 8.42 Å². The van der Waals surface area contributed by atoms with E-state index in [9.17, 15) is 8.42 Å². The highest BCUT2D eigenvalue weighted by atomic mass is 32.2. The fourth-order valence-corrected chi connectivity index (χ4v) is 2.21. The van der Waals surface area contributed by atoms with E-state index in [0.717, 1.165) is 17.4 Å². The lowest BCUT2D eigenvalue weighted by Gasteiger charge is -2.03. The molecule has 0 amide bonds. The first-order chi connectivity index (χ1) is 8.63. The molecule has 0 bridgehead atoms. The van der Waals surface area contributed by atoms with Crippen LogP contribution in [0.3, 0.4) is 0 Å². The molecule has 0 saturated carbocycles. The van der Waals surface area contributed by atoms with Gasteiger partial charge >= 0.3 is 16.4 Å². The van der Waals surface area contributed by atoms with Crippen LogP contribution < -0.4 is 0 Å². The summed E-state index contributed by atoms with van der Waals surface area (Å²) in [7, 11) is -3.97. The SMILES string of the molecule is N#COS(=O)(=O)c1ccc(-c2ccccc2)cc1. The zero-order valence-electron chi connectivity index (χ0n) is 9.28. The van der Waals surface area contributed by atoms with Crippen LogP contribution in [0.15, 0.2) is 59.5 Å². The maximum Gasteiger partial charge on any atom is 0.348 e. The van der Waals surface area contributed by atoms with Gasteiger partial charge in [-0.15, -0.1) is 5.26 Å². The second-order valence-corrected chi connectivity index (χ2v) is 5.07. The zero-order chi connectivity index (χ0) is 13.0. The summed E-state index contributed by atoms with van der Waals surface area (Å²) in [6.07, 6.45) is 1.16. The van der Waals surface area contributed by atoms with Gasteiger partial charge in [0.05, 0.1) is 0 Å². The Balaban J connectivity index is 2.35. The monoisotopic (exact) mass is 259 g/mol. The van der Waals surface area contributed by atoms with Crippen LogP contribution in [0, 0.1) is 11.5 Å². The maximum absolute atomic E-state index is 11.4. The van der Waals surface area contributed by atoms with Crippen LogP contribution in [0.4, 0.5) is 0 Å². The molecule has 90 valence electrons. The first kappa shape index (κ1) is 12.1. The third-order valence-corrected chi connectivity index (χ3v) is 3.54. The van der Waals surface area contributed by atoms with Gasteiger partial charge in [-0.25, -0.2) is 0 Å². The number of benzene rings is 2. The molecule has 2 aromatic rings. The molecule has 0 aliphatic rings. The van der Waals surface area contributed by atoms with E-state index in [0.29, 0.717) is 0 Å². The second kappa shape index (κ2) is 4.90. The lowest BCUT2D eigenvalue weighted by Crippen LogP contribution is -2.01. The summed E-state index contributed by atoms with van der Waals surface area (Å²) in [5, 5.41) is 8.24. The topological polar surface area (TPSA) is 67.2 Å². The molecular formula is C13H9NO3S. The fraction of sp³-hybridized carbons (Fsp3) is 0. The van der Waals surface area contributed by atoms with Crippen molar-refractivity contribution in [3.05, 3.63) is 54.6 Å². The Morgan fingerprint density at radius 2 is 1.44 bits per heavy atom. The van der Waals surface area contributed by atoms with Crippen LogP contribution >= 0.6 is 0 Å². The molecule has 0 aromatic heterocycles. The van der Waals surface area contributed by atoms with E-state index < -0.39 is 10.1 Å². The van der Waals surface area contributed by atoms with Gasteiger partial charge in [-0.1, -0.05) is 42.5 Å². The van der Waals surface area contributed by atoms with Crippen molar-refractivity contribution >= 4 is 10.1 Å². The Hall–Kier alpha value is -2.32. The summed E-state index contributed by atoms with van der Waals surface area (Å²) in [5.41, 5.74) is 1.88. The highest BCUT2D eigenvalue weighted by Gasteiger charge is 2.15. The van der Waals surface area contributed by atoms with E-state index in [-0.39, 0.29) is 4.90 Å². The Labute approximate surface area is 105 Å². The van der Waals surface area contributed by atoms with Crippen LogP contribution in [0.1, 0.15) is 0 Å². The standard InChI is InChI=1S/C13H9NO3S/c14-10-17-18(15,16)13-8-6-12(7-9-13)11-4-2-1-3-5-11/h1-9H. The normalized spacial score (nSPS) is 10.6. The number of nitriles is 1. The predicted octanol–water partition coefficient (Wildman–Crippen LogP) is 2.54. The number of nitrogens with zero attached hydrogens (tertiary/aromatic N) is 1. The van der Waals surface area contributed by atoms with Crippen LogP contribution in [-0.4, -0.2) is 8.42 Å². The Kier molecular flexibility index (Phi) is 3.31. The molecule has 2 aromatic carbocycles. The molecule has 2 rings (SSSR count). The van der Waals surface area contributed by atoms with Gasteiger partial charge in [0, 0.05) is 0 Å². The third kappa shape index (κ3) is 2.50. The van der Waals surface area contributed by atoms with Crippen LogP contribution in [-0.2, 0) is 14.3 Å². The van der Waals surface area contributed by atoms with Crippen molar-refractivity contribution in [2.75, 3.05) is 0 Å². The maximum atomic E-state index is 11.4. The molecule has 4 nitrogen and oxygen atoms in total. The average molecular weight is 259 g/mol. The lowest BCUT2D eigenvalue weighted by molar-refractivity contribution is 0.459. The van der Waals surface area contributed by atoms with E-state index in [4.69, 9.17) is 5.26 Å². The lowest BCUT2D eigenvalue weighted by atomic mass is 10.1. The number of rotatable bonds is 3. The van der Waals surface area contributed by atoms with Crippen LogP contribution in [0.5, 0.6) is 0 Å². The molecule has 0 fully saturated rings. The van der Waals surface area contributed by atoms with E-state index in [1.54, 1.807) is 12.1 Å². The highest BCUT2D eigenvalue weighted by molar-refractivity contribution is 7.86. The van der Waals surface area contributed by atoms with E-state index in [1.807, 2.05) is 30.3 Å². The summed E-state index contributed by atoms with van der Waals surface area (Å²) < 4.78 is 26.9. The minimum absolute atomic E-state index is 0.0382. The van der Waals surface area contributed by atoms with Gasteiger partial charge < -0.3 is 0 Å². The smallest absolute Gasteiger partial charge is 0.299 e. The van der Waals surface area contributed by atoms with Gasteiger partial charge in [0.25, 0.3) is 0 Å². The van der Waals surface area contributed by atoms with Crippen molar-refractivity contribution in [1.29, 1.82) is 5.26 Å². The molecule has 0 N–H and O–H groups in total. The number of hydrogen-bond donors (Lipinski definition) is 0. The van der Waals surface area contributed by atoms with Crippen LogP contribution in [0.2, 0.25) is 0 Å². The quantitative estimate of drug-likeness (QED) is 0.627. The molecule has 0 spiro atoms. The average Bonchev–Trinajstić information content (AvgIpc) is 2.40. The Morgan fingerprint density at radius 1 is 0.889 bits per heavy atom. The fourth-order valence-electron chi connectivity index (χ4n) is 1.54. The van der Waals surface area contributed by atoms with E-state index >= 15 is 0 Å². The third-order valence-electron chi connectivity index (χ3n) is 2.40. The highest BCUT2D eigenvalue weighted by Crippen LogP contribution is 2.21. The van der Waals surface area contributed by atoms with E-state index in [1.165, 1.54) is 12.1 Å². The first-order valence-electron chi connectivity index (χ1n) is 5.11. The zero-order valence-corrected chi connectivity index (χ0v) is 10.1. The van der Waals surface area contributed by atoms with Crippen LogP contribution in [0.25, 0.3) is 11.1 Å². The molecule has 0 radical (unpaired) electrons. The number of hydrogen-bond acceptors (Lipinski definition) is 4. The molecule has 5 heteroatoms. The summed E-state index contributed by atoms with van der Waals surface area (Å²) in [4.78, 5) is -0.0382. The van der Waals surface area contributed by atoms with Gasteiger partial charge in [0.15, 0.2) is 0 Å². The van der Waals surface area contributed by atoms with Crippen molar-refractivity contribution in [2.24, 2.45) is 0 Å². The molecule has 0 atom stereocenters. The molecule has 0 unspecified atom stereocenters. The van der Waals surface area contributed by atoms with Crippen molar-refractivity contribution in [1.82, 2.24) is 0 Å². The summed E-state index contributed by atoms with van der Waals surface area (Å²) >= 11 is 0. The summed E-state index contributed by atoms with van der Waals surface area (Å²) in [5.74, 6) is 0. The van der Waals surface area contributed by atoms with Gasteiger partial charge in [-0.05, 0) is 23.3 Å². The predicted molar refractivity (Wildman–Crippen MR) is 65.8 cm³/mol. The first-order valence-corrected chi connectivity index (χ1v) is 6.52. The van der Waals surface area contributed by atoms with Crippen molar-refractivity contribution in [3.63, 3.8) is 0 Å². The van der Waals surface area contributed by atoms with Crippen molar-refractivity contribution in [2.45, 2.75) is 4.90 Å². The molecule has 0 heterocycles. The molecule has 18 heavy (non-hydrogen) atoms. The van der Waals surface area contributed by atoms with Gasteiger partial charge in [0.1, 0.15) is 4.90 Å². The summed E-state index contributed by atoms with van der Waals surface area (Å²) in [6.45, 7) is 0. The molecule has 0 saturated heterocycles.